The first kappa shape index (κ1) is 10.2. The monoisotopic (exact) mass is 239 g/mol. The zero-order chi connectivity index (χ0) is 12.1. The average molecular weight is 239 g/mol. The smallest absolute Gasteiger partial charge is 0.109 e. The molecule has 18 heavy (non-hydrogen) atoms. The van der Waals surface area contributed by atoms with Crippen LogP contribution in [0.25, 0.3) is 11.3 Å². The van der Waals surface area contributed by atoms with E-state index >= 15 is 0 Å². The molecule has 3 heteroatoms. The fourth-order valence-corrected chi connectivity index (χ4v) is 3.12. The molecule has 0 fully saturated rings. The van der Waals surface area contributed by atoms with Crippen LogP contribution in [-0.4, -0.2) is 23.1 Å². The number of anilines is 1. The van der Waals surface area contributed by atoms with Crippen molar-refractivity contribution in [2.45, 2.75) is 25.8 Å². The van der Waals surface area contributed by atoms with Crippen LogP contribution in [0.5, 0.6) is 0 Å². The first-order valence-corrected chi connectivity index (χ1v) is 6.72. The quantitative estimate of drug-likeness (QED) is 0.762. The number of nitrogens with zero attached hydrogens (tertiary/aromatic N) is 3. The highest BCUT2D eigenvalue weighted by molar-refractivity contribution is 5.68. The minimum Gasteiger partial charge on any atom is -0.374 e. The molecule has 0 bridgehead atoms. The summed E-state index contributed by atoms with van der Waals surface area (Å²) in [4.78, 5) is 7.08. The number of aromatic nitrogens is 2. The van der Waals surface area contributed by atoms with E-state index in [0.717, 1.165) is 31.6 Å². The van der Waals surface area contributed by atoms with Gasteiger partial charge >= 0.3 is 0 Å². The van der Waals surface area contributed by atoms with Crippen LogP contribution in [-0.2, 0) is 19.4 Å². The van der Waals surface area contributed by atoms with Crippen molar-refractivity contribution in [2.24, 2.45) is 0 Å². The molecule has 0 atom stereocenters. The fraction of sp³-hybridized carbons (Fsp3) is 0.400. The summed E-state index contributed by atoms with van der Waals surface area (Å²) in [6, 6.07) is 6.76. The number of benzene rings is 1. The molecule has 4 rings (SSSR count). The van der Waals surface area contributed by atoms with Crippen molar-refractivity contribution in [1.29, 1.82) is 0 Å². The van der Waals surface area contributed by atoms with Crippen LogP contribution in [0.1, 0.15) is 17.8 Å². The third kappa shape index (κ3) is 1.40. The molecule has 2 aliphatic heterocycles. The van der Waals surface area contributed by atoms with Gasteiger partial charge in [-0.15, -0.1) is 0 Å². The third-order valence-corrected chi connectivity index (χ3v) is 4.16. The number of likely N-dealkylation sites (N-methyl/N-ethyl adjacent to an activating group) is 1. The van der Waals surface area contributed by atoms with Crippen molar-refractivity contribution in [1.82, 2.24) is 9.55 Å². The van der Waals surface area contributed by atoms with Gasteiger partial charge in [-0.2, -0.15) is 0 Å². The van der Waals surface area contributed by atoms with Crippen molar-refractivity contribution in [3.05, 3.63) is 35.8 Å². The number of rotatable bonds is 1. The molecule has 0 amide bonds. The molecule has 92 valence electrons. The van der Waals surface area contributed by atoms with Crippen molar-refractivity contribution in [3.8, 4) is 11.3 Å². The van der Waals surface area contributed by atoms with E-state index in [9.17, 15) is 0 Å². The van der Waals surface area contributed by atoms with Crippen LogP contribution >= 0.6 is 0 Å². The molecule has 1 aromatic heterocycles. The van der Waals surface area contributed by atoms with E-state index in [4.69, 9.17) is 4.98 Å². The Hall–Kier alpha value is -1.77. The van der Waals surface area contributed by atoms with Crippen molar-refractivity contribution in [2.75, 3.05) is 18.5 Å². The molecule has 0 unspecified atom stereocenters. The molecule has 0 aliphatic carbocycles. The van der Waals surface area contributed by atoms with E-state index in [0.29, 0.717) is 0 Å². The van der Waals surface area contributed by atoms with Gasteiger partial charge in [0.25, 0.3) is 0 Å². The summed E-state index contributed by atoms with van der Waals surface area (Å²) >= 11 is 0. The fourth-order valence-electron chi connectivity index (χ4n) is 3.12. The lowest BCUT2D eigenvalue weighted by Crippen LogP contribution is -2.12. The van der Waals surface area contributed by atoms with E-state index in [2.05, 4.69) is 40.9 Å². The molecule has 0 N–H and O–H groups in total. The second kappa shape index (κ2) is 3.61. The minimum absolute atomic E-state index is 1.13. The Morgan fingerprint density at radius 1 is 1.17 bits per heavy atom. The highest BCUT2D eigenvalue weighted by atomic mass is 15.1. The summed E-state index contributed by atoms with van der Waals surface area (Å²) in [5, 5.41) is 0. The first-order valence-electron chi connectivity index (χ1n) is 6.72. The normalized spacial score (nSPS) is 17.1. The largest absolute Gasteiger partial charge is 0.374 e. The molecule has 1 aromatic carbocycles. The maximum atomic E-state index is 4.75. The molecule has 0 saturated carbocycles. The summed E-state index contributed by atoms with van der Waals surface area (Å²) in [5.41, 5.74) is 5.25. The standard InChI is InChI=1S/C15H17N3/c1-17-8-6-12-9-11(4-5-14(12)17)13-10-18-7-2-3-15(18)16-13/h4-5,9-10H,2-3,6-8H2,1H3. The lowest BCUT2D eigenvalue weighted by atomic mass is 10.1. The topological polar surface area (TPSA) is 21.1 Å². The second-order valence-electron chi connectivity index (χ2n) is 5.35. The van der Waals surface area contributed by atoms with Gasteiger partial charge in [0.2, 0.25) is 0 Å². The molecular weight excluding hydrogens is 222 g/mol. The SMILES string of the molecule is CN1CCc2cc(-c3cn4c(n3)CCC4)ccc21. The van der Waals surface area contributed by atoms with Gasteiger partial charge in [0.05, 0.1) is 5.69 Å². The van der Waals surface area contributed by atoms with Gasteiger partial charge in [0.15, 0.2) is 0 Å². The highest BCUT2D eigenvalue weighted by Crippen LogP contribution is 2.31. The van der Waals surface area contributed by atoms with Crippen LogP contribution < -0.4 is 4.90 Å². The van der Waals surface area contributed by atoms with Gasteiger partial charge in [0.1, 0.15) is 5.82 Å². The van der Waals surface area contributed by atoms with Crippen molar-refractivity contribution in [3.63, 3.8) is 0 Å². The van der Waals surface area contributed by atoms with Gasteiger partial charge in [0, 0.05) is 44.0 Å². The van der Waals surface area contributed by atoms with Crippen LogP contribution in [0, 0.1) is 0 Å². The number of aryl methyl sites for hydroxylation is 2. The first-order chi connectivity index (χ1) is 8.81. The summed E-state index contributed by atoms with van der Waals surface area (Å²) in [6.45, 7) is 2.27. The summed E-state index contributed by atoms with van der Waals surface area (Å²) in [6.07, 6.45) is 5.75. The summed E-state index contributed by atoms with van der Waals surface area (Å²) in [7, 11) is 2.16. The molecule has 3 heterocycles. The van der Waals surface area contributed by atoms with Gasteiger partial charge in [-0.25, -0.2) is 4.98 Å². The highest BCUT2D eigenvalue weighted by Gasteiger charge is 2.18. The van der Waals surface area contributed by atoms with E-state index in [1.165, 1.54) is 29.1 Å². The maximum Gasteiger partial charge on any atom is 0.109 e. The Bertz CT molecular complexity index is 591. The predicted octanol–water partition coefficient (Wildman–Crippen LogP) is 2.49. The van der Waals surface area contributed by atoms with E-state index in [-0.39, 0.29) is 0 Å². The molecule has 0 radical (unpaired) electrons. The van der Waals surface area contributed by atoms with Gasteiger partial charge in [-0.05, 0) is 30.5 Å². The summed E-state index contributed by atoms with van der Waals surface area (Å²) in [5.74, 6) is 1.25. The number of imidazole rings is 1. The Balaban J connectivity index is 1.76. The van der Waals surface area contributed by atoms with Crippen LogP contribution in [0.3, 0.4) is 0 Å². The number of fused-ring (bicyclic) bond motifs is 2. The molecular formula is C15H17N3. The van der Waals surface area contributed by atoms with Crippen molar-refractivity contribution < 1.29 is 0 Å². The van der Waals surface area contributed by atoms with Gasteiger partial charge < -0.3 is 9.47 Å². The summed E-state index contributed by atoms with van der Waals surface area (Å²) < 4.78 is 2.30. The average Bonchev–Trinajstić information content (AvgIpc) is 3.03. The molecule has 0 spiro atoms. The lowest BCUT2D eigenvalue weighted by Gasteiger charge is -2.11. The van der Waals surface area contributed by atoms with Crippen molar-refractivity contribution >= 4 is 5.69 Å². The maximum absolute atomic E-state index is 4.75. The van der Waals surface area contributed by atoms with E-state index < -0.39 is 0 Å². The Morgan fingerprint density at radius 3 is 3.00 bits per heavy atom. The molecule has 2 aliphatic rings. The second-order valence-corrected chi connectivity index (χ2v) is 5.35. The Morgan fingerprint density at radius 2 is 2.11 bits per heavy atom. The van der Waals surface area contributed by atoms with Crippen LogP contribution in [0.4, 0.5) is 5.69 Å². The molecule has 0 saturated heterocycles. The lowest BCUT2D eigenvalue weighted by molar-refractivity contribution is 0.750. The minimum atomic E-state index is 1.13. The van der Waals surface area contributed by atoms with Gasteiger partial charge in [-0.3, -0.25) is 0 Å². The zero-order valence-corrected chi connectivity index (χ0v) is 10.7. The van der Waals surface area contributed by atoms with E-state index in [1.807, 2.05) is 0 Å². The predicted molar refractivity (Wildman–Crippen MR) is 73.0 cm³/mol. The zero-order valence-electron chi connectivity index (χ0n) is 10.7. The molecule has 3 nitrogen and oxygen atoms in total. The van der Waals surface area contributed by atoms with E-state index in [1.54, 1.807) is 0 Å². The van der Waals surface area contributed by atoms with Crippen LogP contribution in [0.15, 0.2) is 24.4 Å². The Kier molecular flexibility index (Phi) is 2.04. The Labute approximate surface area is 107 Å². The third-order valence-electron chi connectivity index (χ3n) is 4.16. The number of hydrogen-bond acceptors (Lipinski definition) is 2. The molecule has 2 aromatic rings. The van der Waals surface area contributed by atoms with Gasteiger partial charge in [-0.1, -0.05) is 6.07 Å². The number of hydrogen-bond donors (Lipinski definition) is 0. The van der Waals surface area contributed by atoms with Crippen LogP contribution in [0.2, 0.25) is 0 Å².